The molecular weight excluding hydrogens is 258 g/mol. The number of aromatic amines is 1. The molecule has 90 valence electrons. The Kier molecular flexibility index (Phi) is 3.49. The molecule has 17 heavy (non-hydrogen) atoms. The van der Waals surface area contributed by atoms with Crippen LogP contribution in [0.3, 0.4) is 0 Å². The summed E-state index contributed by atoms with van der Waals surface area (Å²) in [5.74, 6) is 1.50. The Hall–Kier alpha value is -1.33. The van der Waals surface area contributed by atoms with Crippen LogP contribution in [0, 0.1) is 4.77 Å². The normalized spacial score (nSPS) is 12.4. The Morgan fingerprint density at radius 2 is 2.06 bits per heavy atom. The summed E-state index contributed by atoms with van der Waals surface area (Å²) < 4.78 is 8.10. The summed E-state index contributed by atoms with van der Waals surface area (Å²) >= 11 is 10.8. The number of benzene rings is 1. The highest BCUT2D eigenvalue weighted by atomic mass is 35.5. The molecule has 0 spiro atoms. The van der Waals surface area contributed by atoms with Crippen molar-refractivity contribution in [2.45, 2.75) is 13.0 Å². The molecule has 2 aromatic rings. The van der Waals surface area contributed by atoms with E-state index >= 15 is 0 Å². The third kappa shape index (κ3) is 2.68. The molecule has 0 saturated heterocycles. The number of nitrogens with one attached hydrogen (secondary N) is 1. The van der Waals surface area contributed by atoms with Crippen molar-refractivity contribution in [3.63, 3.8) is 0 Å². The monoisotopic (exact) mass is 269 g/mol. The molecule has 0 aliphatic rings. The summed E-state index contributed by atoms with van der Waals surface area (Å²) in [4.78, 5) is 0. The fourth-order valence-corrected chi connectivity index (χ4v) is 1.76. The first-order valence-electron chi connectivity index (χ1n) is 5.11. The van der Waals surface area contributed by atoms with Crippen molar-refractivity contribution in [2.75, 3.05) is 0 Å². The minimum Gasteiger partial charge on any atom is -0.483 e. The molecule has 0 fully saturated rings. The van der Waals surface area contributed by atoms with E-state index in [4.69, 9.17) is 28.6 Å². The largest absolute Gasteiger partial charge is 0.483 e. The van der Waals surface area contributed by atoms with Crippen LogP contribution in [0.4, 0.5) is 0 Å². The van der Waals surface area contributed by atoms with Gasteiger partial charge in [-0.15, -0.1) is 0 Å². The zero-order valence-corrected chi connectivity index (χ0v) is 11.0. The van der Waals surface area contributed by atoms with Gasteiger partial charge in [-0.2, -0.15) is 5.10 Å². The molecular formula is C11H12ClN3OS. The highest BCUT2D eigenvalue weighted by Crippen LogP contribution is 2.21. The summed E-state index contributed by atoms with van der Waals surface area (Å²) in [6.07, 6.45) is -0.186. The molecule has 0 aliphatic heterocycles. The lowest BCUT2D eigenvalue weighted by atomic mass is 10.3. The van der Waals surface area contributed by atoms with Gasteiger partial charge in [0.2, 0.25) is 0 Å². The van der Waals surface area contributed by atoms with Crippen LogP contribution in [0.2, 0.25) is 5.02 Å². The average Bonchev–Trinajstić information content (AvgIpc) is 2.63. The van der Waals surface area contributed by atoms with Crippen LogP contribution in [-0.2, 0) is 7.05 Å². The van der Waals surface area contributed by atoms with Crippen molar-refractivity contribution < 1.29 is 4.74 Å². The fourth-order valence-electron chi connectivity index (χ4n) is 1.49. The number of halogens is 1. The number of aromatic nitrogens is 3. The van der Waals surface area contributed by atoms with Crippen molar-refractivity contribution in [2.24, 2.45) is 7.05 Å². The van der Waals surface area contributed by atoms with E-state index in [-0.39, 0.29) is 6.10 Å². The first kappa shape index (κ1) is 12.1. The van der Waals surface area contributed by atoms with E-state index in [2.05, 4.69) is 10.2 Å². The Labute approximate surface area is 109 Å². The second kappa shape index (κ2) is 4.89. The maximum Gasteiger partial charge on any atom is 0.195 e. The maximum atomic E-state index is 5.80. The quantitative estimate of drug-likeness (QED) is 0.870. The van der Waals surface area contributed by atoms with Crippen molar-refractivity contribution in [3.05, 3.63) is 39.9 Å². The van der Waals surface area contributed by atoms with Crippen molar-refractivity contribution in [1.29, 1.82) is 0 Å². The van der Waals surface area contributed by atoms with Crippen LogP contribution in [0.15, 0.2) is 24.3 Å². The lowest BCUT2D eigenvalue weighted by Crippen LogP contribution is -2.09. The van der Waals surface area contributed by atoms with E-state index < -0.39 is 0 Å². The number of hydrogen-bond acceptors (Lipinski definition) is 3. The molecule has 2 rings (SSSR count). The molecule has 0 radical (unpaired) electrons. The predicted octanol–water partition coefficient (Wildman–Crippen LogP) is 3.27. The number of ether oxygens (including phenoxy) is 1. The summed E-state index contributed by atoms with van der Waals surface area (Å²) in [6, 6.07) is 7.21. The molecule has 1 aromatic carbocycles. The SMILES string of the molecule is C[C@H](Oc1ccc(Cl)cc1)c1n[nH]c(=S)n1C. The van der Waals surface area contributed by atoms with Crippen molar-refractivity contribution >= 4 is 23.8 Å². The van der Waals surface area contributed by atoms with Gasteiger partial charge in [-0.1, -0.05) is 11.6 Å². The van der Waals surface area contributed by atoms with Crippen LogP contribution >= 0.6 is 23.8 Å². The van der Waals surface area contributed by atoms with Gasteiger partial charge in [-0.25, -0.2) is 0 Å². The first-order valence-corrected chi connectivity index (χ1v) is 5.90. The molecule has 1 aromatic heterocycles. The second-order valence-corrected chi connectivity index (χ2v) is 4.48. The molecule has 0 amide bonds. The van der Waals surface area contributed by atoms with E-state index in [0.29, 0.717) is 9.79 Å². The van der Waals surface area contributed by atoms with Gasteiger partial charge in [0.15, 0.2) is 16.7 Å². The highest BCUT2D eigenvalue weighted by Gasteiger charge is 2.13. The molecule has 0 aliphatic carbocycles. The van der Waals surface area contributed by atoms with E-state index in [1.807, 2.05) is 26.1 Å². The third-order valence-corrected chi connectivity index (χ3v) is 3.02. The highest BCUT2D eigenvalue weighted by molar-refractivity contribution is 7.71. The summed E-state index contributed by atoms with van der Waals surface area (Å²) in [5, 5.41) is 7.53. The topological polar surface area (TPSA) is 42.8 Å². The maximum absolute atomic E-state index is 5.80. The first-order chi connectivity index (χ1) is 8.08. The van der Waals surface area contributed by atoms with Crippen LogP contribution in [0.25, 0.3) is 0 Å². The van der Waals surface area contributed by atoms with Gasteiger partial charge < -0.3 is 9.30 Å². The number of nitrogens with zero attached hydrogens (tertiary/aromatic N) is 2. The van der Waals surface area contributed by atoms with Gasteiger partial charge in [0, 0.05) is 12.1 Å². The van der Waals surface area contributed by atoms with Crippen LogP contribution in [-0.4, -0.2) is 14.8 Å². The molecule has 0 unspecified atom stereocenters. The Morgan fingerprint density at radius 3 is 2.59 bits per heavy atom. The Morgan fingerprint density at radius 1 is 1.41 bits per heavy atom. The number of rotatable bonds is 3. The third-order valence-electron chi connectivity index (χ3n) is 2.40. The van der Waals surface area contributed by atoms with Gasteiger partial charge >= 0.3 is 0 Å². The molecule has 1 heterocycles. The fraction of sp³-hybridized carbons (Fsp3) is 0.273. The standard InChI is InChI=1S/C11H12ClN3OS/c1-7(10-13-14-11(17)15(10)2)16-9-5-3-8(12)4-6-9/h3-7H,1-2H3,(H,14,17)/t7-/m0/s1. The van der Waals surface area contributed by atoms with Gasteiger partial charge in [0.1, 0.15) is 5.75 Å². The molecule has 1 atom stereocenters. The van der Waals surface area contributed by atoms with Gasteiger partial charge in [0.05, 0.1) is 0 Å². The lowest BCUT2D eigenvalue weighted by Gasteiger charge is -2.13. The summed E-state index contributed by atoms with van der Waals surface area (Å²) in [7, 11) is 1.85. The van der Waals surface area contributed by atoms with Crippen LogP contribution in [0.1, 0.15) is 18.9 Å². The molecule has 6 heteroatoms. The van der Waals surface area contributed by atoms with Gasteiger partial charge in [-0.3, -0.25) is 5.10 Å². The van der Waals surface area contributed by atoms with Gasteiger partial charge in [-0.05, 0) is 43.4 Å². The van der Waals surface area contributed by atoms with Gasteiger partial charge in [0.25, 0.3) is 0 Å². The summed E-state index contributed by atoms with van der Waals surface area (Å²) in [6.45, 7) is 1.92. The zero-order valence-electron chi connectivity index (χ0n) is 9.48. The number of H-pyrrole nitrogens is 1. The van der Waals surface area contributed by atoms with Crippen LogP contribution in [0.5, 0.6) is 5.75 Å². The second-order valence-electron chi connectivity index (χ2n) is 3.66. The minimum atomic E-state index is -0.186. The predicted molar refractivity (Wildman–Crippen MR) is 68.9 cm³/mol. The Balaban J connectivity index is 2.17. The van der Waals surface area contributed by atoms with E-state index in [1.54, 1.807) is 16.7 Å². The van der Waals surface area contributed by atoms with E-state index in [0.717, 1.165) is 11.6 Å². The molecule has 4 nitrogen and oxygen atoms in total. The Bertz CT molecular complexity index is 561. The number of hydrogen-bond donors (Lipinski definition) is 1. The average molecular weight is 270 g/mol. The smallest absolute Gasteiger partial charge is 0.195 e. The summed E-state index contributed by atoms with van der Waals surface area (Å²) in [5.41, 5.74) is 0. The zero-order chi connectivity index (χ0) is 12.4. The molecule has 1 N–H and O–H groups in total. The van der Waals surface area contributed by atoms with E-state index in [9.17, 15) is 0 Å². The van der Waals surface area contributed by atoms with Crippen molar-refractivity contribution in [1.82, 2.24) is 14.8 Å². The molecule has 0 bridgehead atoms. The minimum absolute atomic E-state index is 0.186. The van der Waals surface area contributed by atoms with Crippen molar-refractivity contribution in [3.8, 4) is 5.75 Å². The van der Waals surface area contributed by atoms with Crippen LogP contribution < -0.4 is 4.74 Å². The molecule has 0 saturated carbocycles. The lowest BCUT2D eigenvalue weighted by molar-refractivity contribution is 0.212. The van der Waals surface area contributed by atoms with E-state index in [1.165, 1.54) is 0 Å².